The monoisotopic (exact) mass is 509 g/mol. The van der Waals surface area contributed by atoms with Crippen LogP contribution in [0.3, 0.4) is 0 Å². The highest BCUT2D eigenvalue weighted by atomic mass is 35.5. The second kappa shape index (κ2) is 10.8. The first-order valence-electron chi connectivity index (χ1n) is 11.2. The highest BCUT2D eigenvalue weighted by Crippen LogP contribution is 2.51. The van der Waals surface area contributed by atoms with Gasteiger partial charge in [0, 0.05) is 16.3 Å². The van der Waals surface area contributed by atoms with E-state index < -0.39 is 34.0 Å². The maximum atomic E-state index is 14.0. The SMILES string of the molecule is CC(C)CCS[C@@H]1C(C(C)C)N(S(=O)(=O)c2ccccc2)C(c2ccc(Cl)cc2)[C@@H]1C(=O)O. The fourth-order valence-corrected chi connectivity index (χ4v) is 8.70. The average Bonchev–Trinajstić information content (AvgIpc) is 3.11. The second-order valence-electron chi connectivity index (χ2n) is 9.26. The number of aliphatic carboxylic acids is 1. The third-order valence-corrected chi connectivity index (χ3v) is 9.68. The Labute approximate surface area is 206 Å². The Bertz CT molecular complexity index is 1040. The van der Waals surface area contributed by atoms with E-state index in [1.807, 2.05) is 13.8 Å². The summed E-state index contributed by atoms with van der Waals surface area (Å²) in [6.45, 7) is 8.20. The van der Waals surface area contributed by atoms with Crippen LogP contribution in [0.1, 0.15) is 45.7 Å². The molecule has 1 heterocycles. The van der Waals surface area contributed by atoms with Gasteiger partial charge in [-0.05, 0) is 53.8 Å². The van der Waals surface area contributed by atoms with Crippen LogP contribution in [0.4, 0.5) is 0 Å². The third-order valence-electron chi connectivity index (χ3n) is 6.10. The molecule has 0 aromatic heterocycles. The second-order valence-corrected chi connectivity index (χ2v) is 12.8. The van der Waals surface area contributed by atoms with Crippen LogP contribution in [0.25, 0.3) is 0 Å². The Morgan fingerprint density at radius 3 is 2.18 bits per heavy atom. The number of carboxylic acid groups (broad SMARTS) is 1. The lowest BCUT2D eigenvalue weighted by molar-refractivity contribution is -0.142. The van der Waals surface area contributed by atoms with Gasteiger partial charge in [-0.15, -0.1) is 0 Å². The van der Waals surface area contributed by atoms with Crippen LogP contribution < -0.4 is 0 Å². The summed E-state index contributed by atoms with van der Waals surface area (Å²) in [7, 11) is -3.96. The van der Waals surface area contributed by atoms with Crippen molar-refractivity contribution in [1.82, 2.24) is 4.31 Å². The number of benzene rings is 2. The van der Waals surface area contributed by atoms with Crippen LogP contribution in [0.5, 0.6) is 0 Å². The number of nitrogens with zero attached hydrogens (tertiary/aromatic N) is 1. The predicted molar refractivity (Wildman–Crippen MR) is 135 cm³/mol. The molecule has 0 aliphatic carbocycles. The van der Waals surface area contributed by atoms with Gasteiger partial charge in [-0.2, -0.15) is 16.1 Å². The molecule has 0 bridgehead atoms. The molecule has 1 aliphatic rings. The van der Waals surface area contributed by atoms with E-state index in [2.05, 4.69) is 13.8 Å². The number of rotatable bonds is 9. The van der Waals surface area contributed by atoms with Gasteiger partial charge in [0.1, 0.15) is 0 Å². The lowest BCUT2D eigenvalue weighted by Gasteiger charge is -2.33. The molecule has 0 radical (unpaired) electrons. The molecule has 0 spiro atoms. The molecule has 1 saturated heterocycles. The molecule has 33 heavy (non-hydrogen) atoms. The first-order valence-corrected chi connectivity index (χ1v) is 14.1. The minimum absolute atomic E-state index is 0.0702. The molecule has 1 fully saturated rings. The van der Waals surface area contributed by atoms with E-state index in [1.165, 1.54) is 4.31 Å². The molecule has 4 atom stereocenters. The molecule has 2 unspecified atom stereocenters. The number of carboxylic acids is 1. The number of halogens is 1. The van der Waals surface area contributed by atoms with E-state index in [4.69, 9.17) is 11.6 Å². The van der Waals surface area contributed by atoms with E-state index in [1.54, 1.807) is 66.4 Å². The highest BCUT2D eigenvalue weighted by Gasteiger charge is 2.58. The van der Waals surface area contributed by atoms with Gasteiger partial charge in [-0.1, -0.05) is 69.6 Å². The van der Waals surface area contributed by atoms with Gasteiger partial charge in [0.15, 0.2) is 0 Å². The van der Waals surface area contributed by atoms with Crippen molar-refractivity contribution in [2.24, 2.45) is 17.8 Å². The van der Waals surface area contributed by atoms with Gasteiger partial charge in [-0.25, -0.2) is 8.42 Å². The number of sulfonamides is 1. The Kier molecular flexibility index (Phi) is 8.54. The van der Waals surface area contributed by atoms with Crippen molar-refractivity contribution in [3.63, 3.8) is 0 Å². The quantitative estimate of drug-likeness (QED) is 0.451. The summed E-state index contributed by atoms with van der Waals surface area (Å²) < 4.78 is 29.5. The minimum Gasteiger partial charge on any atom is -0.481 e. The Morgan fingerprint density at radius 2 is 1.67 bits per heavy atom. The molecule has 0 amide bonds. The van der Waals surface area contributed by atoms with E-state index in [0.717, 1.165) is 12.2 Å². The zero-order chi connectivity index (χ0) is 24.3. The summed E-state index contributed by atoms with van der Waals surface area (Å²) in [4.78, 5) is 12.8. The Morgan fingerprint density at radius 1 is 1.06 bits per heavy atom. The van der Waals surface area contributed by atoms with E-state index in [9.17, 15) is 18.3 Å². The Balaban J connectivity index is 2.19. The number of hydrogen-bond donors (Lipinski definition) is 1. The molecule has 5 nitrogen and oxygen atoms in total. The van der Waals surface area contributed by atoms with Crippen LogP contribution in [-0.4, -0.2) is 40.8 Å². The molecule has 1 aliphatic heterocycles. The van der Waals surface area contributed by atoms with E-state index in [0.29, 0.717) is 16.5 Å². The van der Waals surface area contributed by atoms with E-state index in [-0.39, 0.29) is 16.1 Å². The van der Waals surface area contributed by atoms with Crippen molar-refractivity contribution in [1.29, 1.82) is 0 Å². The van der Waals surface area contributed by atoms with Crippen molar-refractivity contribution in [2.45, 2.75) is 56.3 Å². The van der Waals surface area contributed by atoms with Crippen molar-refractivity contribution in [3.8, 4) is 0 Å². The standard InChI is InChI=1S/C25H32ClNO4S2/c1-16(2)14-15-32-24-21(25(28)29)23(18-10-12-19(26)13-11-18)27(22(24)17(3)4)33(30,31)20-8-6-5-7-9-20/h5-13,16-17,21-24H,14-15H2,1-4H3,(H,28,29)/t21-,22?,23?,24-/m0/s1. The van der Waals surface area contributed by atoms with Gasteiger partial charge in [0.25, 0.3) is 0 Å². The first-order chi connectivity index (χ1) is 15.6. The summed E-state index contributed by atoms with van der Waals surface area (Å²) >= 11 is 7.68. The number of hydrogen-bond acceptors (Lipinski definition) is 4. The van der Waals surface area contributed by atoms with Crippen molar-refractivity contribution < 1.29 is 18.3 Å². The largest absolute Gasteiger partial charge is 0.481 e. The summed E-state index contributed by atoms with van der Waals surface area (Å²) in [5.41, 5.74) is 0.643. The summed E-state index contributed by atoms with van der Waals surface area (Å²) in [6.07, 6.45) is 0.940. The van der Waals surface area contributed by atoms with Crippen LogP contribution >= 0.6 is 23.4 Å². The Hall–Kier alpha value is -1.54. The highest BCUT2D eigenvalue weighted by molar-refractivity contribution is 8.00. The smallest absolute Gasteiger partial charge is 0.309 e. The topological polar surface area (TPSA) is 74.7 Å². The number of carbonyl (C=O) groups is 1. The molecular weight excluding hydrogens is 478 g/mol. The maximum absolute atomic E-state index is 14.0. The van der Waals surface area contributed by atoms with Gasteiger partial charge in [0.05, 0.1) is 16.9 Å². The van der Waals surface area contributed by atoms with E-state index >= 15 is 0 Å². The minimum atomic E-state index is -3.96. The van der Waals surface area contributed by atoms with Gasteiger partial charge < -0.3 is 5.11 Å². The van der Waals surface area contributed by atoms with Gasteiger partial charge >= 0.3 is 5.97 Å². The first kappa shape index (κ1) is 26.1. The molecule has 0 saturated carbocycles. The zero-order valence-electron chi connectivity index (χ0n) is 19.4. The third kappa shape index (κ3) is 5.59. The van der Waals surface area contributed by atoms with Crippen molar-refractivity contribution in [3.05, 3.63) is 65.2 Å². The molecule has 2 aromatic rings. The molecule has 2 aromatic carbocycles. The van der Waals surface area contributed by atoms with Gasteiger partial charge in [0.2, 0.25) is 10.0 Å². The summed E-state index contributed by atoms with van der Waals surface area (Å²) in [5.74, 6) is -0.667. The fraction of sp³-hybridized carbons (Fsp3) is 0.480. The predicted octanol–water partition coefficient (Wildman–Crippen LogP) is 5.96. The molecule has 3 rings (SSSR count). The average molecular weight is 510 g/mol. The van der Waals surface area contributed by atoms with Crippen LogP contribution in [-0.2, 0) is 14.8 Å². The maximum Gasteiger partial charge on any atom is 0.309 e. The molecule has 8 heteroatoms. The van der Waals surface area contributed by atoms with Crippen LogP contribution in [0.15, 0.2) is 59.5 Å². The van der Waals surface area contributed by atoms with Crippen LogP contribution in [0, 0.1) is 17.8 Å². The van der Waals surface area contributed by atoms with Crippen molar-refractivity contribution in [2.75, 3.05) is 5.75 Å². The normalized spacial score (nSPS) is 24.0. The number of thioether (sulfide) groups is 1. The molecule has 1 N–H and O–H groups in total. The van der Waals surface area contributed by atoms with Crippen molar-refractivity contribution >= 4 is 39.4 Å². The lowest BCUT2D eigenvalue weighted by Crippen LogP contribution is -2.43. The summed E-state index contributed by atoms with van der Waals surface area (Å²) in [5, 5.41) is 10.5. The lowest BCUT2D eigenvalue weighted by atomic mass is 9.91. The molecular formula is C25H32ClNO4S2. The van der Waals surface area contributed by atoms with Gasteiger partial charge in [-0.3, -0.25) is 4.79 Å². The zero-order valence-corrected chi connectivity index (χ0v) is 21.8. The summed E-state index contributed by atoms with van der Waals surface area (Å²) in [6, 6.07) is 13.9. The van der Waals surface area contributed by atoms with Crippen LogP contribution in [0.2, 0.25) is 5.02 Å². The molecule has 180 valence electrons. The fourth-order valence-electron chi connectivity index (χ4n) is 4.51.